The van der Waals surface area contributed by atoms with Gasteiger partial charge in [-0.25, -0.2) is 14.8 Å². The van der Waals surface area contributed by atoms with Crippen LogP contribution in [0.25, 0.3) is 0 Å². The van der Waals surface area contributed by atoms with Gasteiger partial charge in [0.05, 0.1) is 0 Å². The molecular weight excluding hydrogens is 260 g/mol. The summed E-state index contributed by atoms with van der Waals surface area (Å²) in [5.74, 6) is 0.974. The van der Waals surface area contributed by atoms with Gasteiger partial charge in [-0.05, 0) is 31.6 Å². The van der Waals surface area contributed by atoms with E-state index in [1.807, 2.05) is 11.0 Å². The minimum Gasteiger partial charge on any atom is -0.449 e. The van der Waals surface area contributed by atoms with Crippen molar-refractivity contribution in [2.45, 2.75) is 18.9 Å². The number of allylic oxidation sites excluding steroid dienone is 1. The Balaban J connectivity index is 2.40. The van der Waals surface area contributed by atoms with E-state index in [1.54, 1.807) is 0 Å². The topological polar surface area (TPSA) is 41.6 Å². The molecule has 1 rings (SSSR count). The molecule has 112 valence electrons. The molecule has 0 bridgehead atoms. The summed E-state index contributed by atoms with van der Waals surface area (Å²) in [6.45, 7) is 6.72. The summed E-state index contributed by atoms with van der Waals surface area (Å²) in [5, 5.41) is 3.33. The van der Waals surface area contributed by atoms with Crippen LogP contribution in [0, 0.1) is 0 Å². The third-order valence-corrected chi connectivity index (χ3v) is 4.60. The lowest BCUT2D eigenvalue weighted by Crippen LogP contribution is -2.53. The number of hydrogen-bond donors (Lipinski definition) is 1. The molecule has 1 aliphatic heterocycles. The first-order valence-corrected chi connectivity index (χ1v) is 9.88. The SMILES string of the molecule is C=CCC[C@@H]1CNCCN1C(=O)OCCS(C)(C)C. The van der Waals surface area contributed by atoms with Crippen molar-refractivity contribution in [1.82, 2.24) is 10.2 Å². The number of carbonyl (C=O) groups excluding carboxylic acids is 1. The Morgan fingerprint density at radius 1 is 1.53 bits per heavy atom. The van der Waals surface area contributed by atoms with Crippen LogP contribution in [0.5, 0.6) is 0 Å². The van der Waals surface area contributed by atoms with E-state index in [-0.39, 0.29) is 12.1 Å². The van der Waals surface area contributed by atoms with E-state index in [0.717, 1.165) is 38.2 Å². The van der Waals surface area contributed by atoms with Crippen molar-refractivity contribution in [3.8, 4) is 0 Å². The Morgan fingerprint density at radius 2 is 2.26 bits per heavy atom. The fourth-order valence-corrected chi connectivity index (χ4v) is 2.61. The van der Waals surface area contributed by atoms with Crippen LogP contribution in [0.1, 0.15) is 12.8 Å². The highest BCUT2D eigenvalue weighted by Crippen LogP contribution is 2.33. The number of hydrogen-bond acceptors (Lipinski definition) is 3. The molecule has 0 saturated carbocycles. The van der Waals surface area contributed by atoms with Crippen molar-refractivity contribution in [2.24, 2.45) is 0 Å². The van der Waals surface area contributed by atoms with Gasteiger partial charge in [-0.2, -0.15) is 0 Å². The maximum Gasteiger partial charge on any atom is 0.410 e. The lowest BCUT2D eigenvalue weighted by atomic mass is 10.1. The van der Waals surface area contributed by atoms with Crippen LogP contribution in [0.15, 0.2) is 12.7 Å². The lowest BCUT2D eigenvalue weighted by molar-refractivity contribution is 0.0799. The molecule has 1 amide bonds. The summed E-state index contributed by atoms with van der Waals surface area (Å²) in [7, 11) is -0.600. The van der Waals surface area contributed by atoms with Crippen molar-refractivity contribution in [3.05, 3.63) is 12.7 Å². The van der Waals surface area contributed by atoms with Gasteiger partial charge in [-0.15, -0.1) is 6.58 Å². The standard InChI is InChI=1S/C14H28N2O2S/c1-5-6-7-13-12-15-8-9-16(13)14(17)18-10-11-19(2,3)4/h5,13,15H,1,6-12H2,2-4H3/t13-/m1/s1. The monoisotopic (exact) mass is 288 g/mol. The highest BCUT2D eigenvalue weighted by atomic mass is 32.3. The quantitative estimate of drug-likeness (QED) is 0.761. The molecular formula is C14H28N2O2S. The molecule has 1 aliphatic rings. The van der Waals surface area contributed by atoms with E-state index in [0.29, 0.717) is 6.61 Å². The van der Waals surface area contributed by atoms with Gasteiger partial charge in [0.15, 0.2) is 0 Å². The second-order valence-corrected chi connectivity index (χ2v) is 10.4. The van der Waals surface area contributed by atoms with E-state index < -0.39 is 10.0 Å². The Morgan fingerprint density at radius 3 is 2.89 bits per heavy atom. The van der Waals surface area contributed by atoms with E-state index in [4.69, 9.17) is 4.74 Å². The fraction of sp³-hybridized carbons (Fsp3) is 0.786. The minimum absolute atomic E-state index is 0.154. The van der Waals surface area contributed by atoms with Gasteiger partial charge < -0.3 is 15.0 Å². The second kappa shape index (κ2) is 7.80. The average Bonchev–Trinajstić information content (AvgIpc) is 2.35. The van der Waals surface area contributed by atoms with Gasteiger partial charge in [-0.3, -0.25) is 0 Å². The zero-order chi connectivity index (χ0) is 14.3. The van der Waals surface area contributed by atoms with Crippen molar-refractivity contribution in [2.75, 3.05) is 50.8 Å². The van der Waals surface area contributed by atoms with Gasteiger partial charge in [0.2, 0.25) is 0 Å². The number of ether oxygens (including phenoxy) is 1. The van der Waals surface area contributed by atoms with Crippen LogP contribution >= 0.6 is 10.0 Å². The number of nitrogens with zero attached hydrogens (tertiary/aromatic N) is 1. The first-order chi connectivity index (χ1) is 8.94. The van der Waals surface area contributed by atoms with Gasteiger partial charge in [0.25, 0.3) is 0 Å². The summed E-state index contributed by atoms with van der Waals surface area (Å²) in [4.78, 5) is 14.0. The largest absolute Gasteiger partial charge is 0.449 e. The molecule has 0 radical (unpaired) electrons. The smallest absolute Gasteiger partial charge is 0.410 e. The van der Waals surface area contributed by atoms with Crippen LogP contribution in [0.3, 0.4) is 0 Å². The molecule has 1 N–H and O–H groups in total. The van der Waals surface area contributed by atoms with Gasteiger partial charge in [0, 0.05) is 31.4 Å². The normalized spacial score (nSPS) is 21.0. The van der Waals surface area contributed by atoms with E-state index in [9.17, 15) is 4.79 Å². The molecule has 1 heterocycles. The molecule has 1 atom stereocenters. The molecule has 0 aromatic heterocycles. The number of amides is 1. The minimum atomic E-state index is -0.600. The zero-order valence-corrected chi connectivity index (χ0v) is 13.3. The fourth-order valence-electron chi connectivity index (χ4n) is 2.03. The molecule has 1 fully saturated rings. The molecule has 1 saturated heterocycles. The Kier molecular flexibility index (Phi) is 6.72. The Bertz CT molecular complexity index is 302. The van der Waals surface area contributed by atoms with Crippen LogP contribution in [0.4, 0.5) is 4.79 Å². The molecule has 0 unspecified atom stereocenters. The highest BCUT2D eigenvalue weighted by Gasteiger charge is 2.27. The third-order valence-electron chi connectivity index (χ3n) is 3.21. The Labute approximate surface area is 118 Å². The Hall–Kier alpha value is -0.680. The summed E-state index contributed by atoms with van der Waals surface area (Å²) < 4.78 is 5.42. The molecule has 19 heavy (non-hydrogen) atoms. The number of piperazine rings is 1. The highest BCUT2D eigenvalue weighted by molar-refractivity contribution is 8.32. The molecule has 4 nitrogen and oxygen atoms in total. The molecule has 5 heteroatoms. The number of carbonyl (C=O) groups is 1. The van der Waals surface area contributed by atoms with Crippen molar-refractivity contribution in [3.63, 3.8) is 0 Å². The van der Waals surface area contributed by atoms with Crippen molar-refractivity contribution < 1.29 is 9.53 Å². The lowest BCUT2D eigenvalue weighted by Gasteiger charge is -2.35. The molecule has 0 aliphatic carbocycles. The van der Waals surface area contributed by atoms with Crippen molar-refractivity contribution in [1.29, 1.82) is 0 Å². The van der Waals surface area contributed by atoms with Crippen molar-refractivity contribution >= 4 is 16.1 Å². The summed E-state index contributed by atoms with van der Waals surface area (Å²) in [6.07, 6.45) is 10.3. The maximum absolute atomic E-state index is 12.1. The molecule has 0 aromatic carbocycles. The van der Waals surface area contributed by atoms with Gasteiger partial charge >= 0.3 is 6.09 Å². The van der Waals surface area contributed by atoms with Crippen LogP contribution in [-0.4, -0.2) is 67.8 Å². The van der Waals surface area contributed by atoms with Gasteiger partial charge in [0.1, 0.15) is 6.61 Å². The summed E-state index contributed by atoms with van der Waals surface area (Å²) in [5.41, 5.74) is 0. The maximum atomic E-state index is 12.1. The predicted molar refractivity (Wildman–Crippen MR) is 84.4 cm³/mol. The zero-order valence-electron chi connectivity index (χ0n) is 12.5. The molecule has 0 spiro atoms. The van der Waals surface area contributed by atoms with E-state index in [2.05, 4.69) is 30.7 Å². The third kappa shape index (κ3) is 6.34. The summed E-state index contributed by atoms with van der Waals surface area (Å²) >= 11 is 0. The first kappa shape index (κ1) is 16.4. The number of rotatable bonds is 6. The number of nitrogens with one attached hydrogen (secondary N) is 1. The van der Waals surface area contributed by atoms with E-state index >= 15 is 0 Å². The summed E-state index contributed by atoms with van der Waals surface area (Å²) in [6, 6.07) is 0.237. The van der Waals surface area contributed by atoms with Gasteiger partial charge in [-0.1, -0.05) is 6.08 Å². The first-order valence-electron chi connectivity index (χ1n) is 6.85. The average molecular weight is 288 g/mol. The van der Waals surface area contributed by atoms with E-state index in [1.165, 1.54) is 0 Å². The van der Waals surface area contributed by atoms with Crippen LogP contribution < -0.4 is 5.32 Å². The predicted octanol–water partition coefficient (Wildman–Crippen LogP) is 2.06. The van der Waals surface area contributed by atoms with Crippen LogP contribution in [-0.2, 0) is 4.74 Å². The van der Waals surface area contributed by atoms with Crippen LogP contribution in [0.2, 0.25) is 0 Å². The molecule has 0 aromatic rings. The second-order valence-electron chi connectivity index (χ2n) is 5.83.